The van der Waals surface area contributed by atoms with Crippen LogP contribution in [0.5, 0.6) is 0 Å². The van der Waals surface area contributed by atoms with Crippen LogP contribution in [0.3, 0.4) is 0 Å². The zero-order chi connectivity index (χ0) is 10.6. The molecule has 3 unspecified atom stereocenters. The lowest BCUT2D eigenvalue weighted by Gasteiger charge is -2.09. The summed E-state index contributed by atoms with van der Waals surface area (Å²) < 4.78 is 1.66. The average Bonchev–Trinajstić information content (AvgIpc) is 2.59. The molecule has 0 aliphatic heterocycles. The molecule has 0 aromatic carbocycles. The van der Waals surface area contributed by atoms with Crippen molar-refractivity contribution in [2.75, 3.05) is 0 Å². The molecule has 0 bridgehead atoms. The van der Waals surface area contributed by atoms with Gasteiger partial charge in [-0.05, 0) is 52.6 Å². The minimum absolute atomic E-state index is 0.283. The molecule has 0 amide bonds. The fraction of sp³-hybridized carbons (Fsp3) is 0.636. The zero-order valence-electron chi connectivity index (χ0n) is 8.12. The van der Waals surface area contributed by atoms with Gasteiger partial charge in [0.15, 0.2) is 0 Å². The van der Waals surface area contributed by atoms with Crippen LogP contribution < -0.4 is 0 Å². The van der Waals surface area contributed by atoms with Crippen LogP contribution in [0.15, 0.2) is 10.5 Å². The van der Waals surface area contributed by atoms with E-state index in [4.69, 9.17) is 11.6 Å². The fourth-order valence-corrected chi connectivity index (χ4v) is 4.82. The van der Waals surface area contributed by atoms with Crippen molar-refractivity contribution >= 4 is 38.9 Å². The normalized spacial score (nSPS) is 35.3. The van der Waals surface area contributed by atoms with Gasteiger partial charge < -0.3 is 5.11 Å². The maximum absolute atomic E-state index is 10.2. The maximum atomic E-state index is 10.2. The van der Waals surface area contributed by atoms with Crippen molar-refractivity contribution in [2.45, 2.75) is 25.4 Å². The minimum Gasteiger partial charge on any atom is -0.387 e. The van der Waals surface area contributed by atoms with Gasteiger partial charge in [-0.25, -0.2) is 0 Å². The summed E-state index contributed by atoms with van der Waals surface area (Å²) in [4.78, 5) is 1.02. The summed E-state index contributed by atoms with van der Waals surface area (Å²) in [5.74, 6) is 2.10. The standard InChI is InChI=1S/C11H12BrClOS/c12-7-4-8(15-11(7)13)10(14)9-5-2-1-3-6(5)9/h4-6,9-10,14H,1-3H2. The first-order chi connectivity index (χ1) is 7.18. The summed E-state index contributed by atoms with van der Waals surface area (Å²) in [6.07, 6.45) is 3.70. The van der Waals surface area contributed by atoms with Crippen molar-refractivity contribution < 1.29 is 5.11 Å². The van der Waals surface area contributed by atoms with Crippen LogP contribution in [0.1, 0.15) is 30.2 Å². The number of thiophene rings is 1. The van der Waals surface area contributed by atoms with Gasteiger partial charge in [0.2, 0.25) is 0 Å². The lowest BCUT2D eigenvalue weighted by Crippen LogP contribution is -2.02. The molecule has 2 aliphatic carbocycles. The predicted octanol–water partition coefficient (Wildman–Crippen LogP) is 4.24. The van der Waals surface area contributed by atoms with Gasteiger partial charge in [-0.2, -0.15) is 0 Å². The lowest BCUT2D eigenvalue weighted by molar-refractivity contribution is 0.140. The summed E-state index contributed by atoms with van der Waals surface area (Å²) in [5.41, 5.74) is 0. The Hall–Kier alpha value is 0.430. The highest BCUT2D eigenvalue weighted by molar-refractivity contribution is 9.10. The minimum atomic E-state index is -0.283. The number of aliphatic hydroxyl groups excluding tert-OH is 1. The maximum Gasteiger partial charge on any atom is 0.107 e. The van der Waals surface area contributed by atoms with E-state index in [2.05, 4.69) is 15.9 Å². The van der Waals surface area contributed by atoms with E-state index in [1.807, 2.05) is 6.07 Å². The highest BCUT2D eigenvalue weighted by atomic mass is 79.9. The van der Waals surface area contributed by atoms with Gasteiger partial charge in [-0.1, -0.05) is 18.0 Å². The van der Waals surface area contributed by atoms with Crippen LogP contribution >= 0.6 is 38.9 Å². The van der Waals surface area contributed by atoms with Crippen LogP contribution in [0.2, 0.25) is 4.34 Å². The largest absolute Gasteiger partial charge is 0.387 e. The second-order valence-electron chi connectivity index (χ2n) is 4.55. The summed E-state index contributed by atoms with van der Waals surface area (Å²) >= 11 is 10.9. The third-order valence-electron chi connectivity index (χ3n) is 3.79. The highest BCUT2D eigenvalue weighted by Gasteiger charge is 2.56. The molecule has 1 N–H and O–H groups in total. The van der Waals surface area contributed by atoms with Gasteiger partial charge >= 0.3 is 0 Å². The van der Waals surface area contributed by atoms with E-state index in [-0.39, 0.29) is 6.10 Å². The molecule has 82 valence electrons. The van der Waals surface area contributed by atoms with Gasteiger partial charge in [0.05, 0.1) is 6.10 Å². The van der Waals surface area contributed by atoms with Gasteiger partial charge in [-0.15, -0.1) is 11.3 Å². The van der Waals surface area contributed by atoms with Gasteiger partial charge in [0.1, 0.15) is 4.34 Å². The number of hydrogen-bond acceptors (Lipinski definition) is 2. The smallest absolute Gasteiger partial charge is 0.107 e. The van der Waals surface area contributed by atoms with Crippen molar-refractivity contribution in [1.82, 2.24) is 0 Å². The molecule has 1 aromatic heterocycles. The Balaban J connectivity index is 1.77. The molecule has 2 fully saturated rings. The zero-order valence-corrected chi connectivity index (χ0v) is 11.3. The lowest BCUT2D eigenvalue weighted by atomic mass is 10.1. The van der Waals surface area contributed by atoms with Crippen LogP contribution in [-0.4, -0.2) is 5.11 Å². The molecule has 2 saturated carbocycles. The van der Waals surface area contributed by atoms with E-state index in [0.29, 0.717) is 5.92 Å². The van der Waals surface area contributed by atoms with Crippen molar-refractivity contribution in [2.24, 2.45) is 17.8 Å². The highest BCUT2D eigenvalue weighted by Crippen LogP contribution is 2.62. The summed E-state index contributed by atoms with van der Waals surface area (Å²) in [5, 5.41) is 10.2. The van der Waals surface area contributed by atoms with E-state index in [9.17, 15) is 5.11 Å². The number of rotatable bonds is 2. The van der Waals surface area contributed by atoms with Crippen molar-refractivity contribution in [3.8, 4) is 0 Å². The Morgan fingerprint density at radius 3 is 2.67 bits per heavy atom. The van der Waals surface area contributed by atoms with Gasteiger partial charge in [0.25, 0.3) is 0 Å². The average molecular weight is 308 g/mol. The molecule has 1 aromatic rings. The Labute approximate surface area is 107 Å². The molecule has 1 heterocycles. The molecular weight excluding hydrogens is 296 g/mol. The quantitative estimate of drug-likeness (QED) is 0.866. The molecule has 15 heavy (non-hydrogen) atoms. The summed E-state index contributed by atoms with van der Waals surface area (Å²) in [7, 11) is 0. The molecule has 0 spiro atoms. The molecule has 3 rings (SSSR count). The van der Waals surface area contributed by atoms with Gasteiger partial charge in [-0.3, -0.25) is 0 Å². The topological polar surface area (TPSA) is 20.2 Å². The third kappa shape index (κ3) is 1.68. The number of aliphatic hydroxyl groups is 1. The molecule has 0 saturated heterocycles. The van der Waals surface area contributed by atoms with E-state index < -0.39 is 0 Å². The fourth-order valence-electron chi connectivity index (χ4n) is 3.04. The number of fused-ring (bicyclic) bond motifs is 1. The Kier molecular flexibility index (Phi) is 2.63. The number of halogens is 2. The SMILES string of the molecule is OC(c1cc(Br)c(Cl)s1)C1C2CCCC21. The van der Waals surface area contributed by atoms with Crippen LogP contribution in [0.25, 0.3) is 0 Å². The van der Waals surface area contributed by atoms with Crippen LogP contribution in [-0.2, 0) is 0 Å². The second kappa shape index (κ2) is 3.73. The molecule has 3 atom stereocenters. The summed E-state index contributed by atoms with van der Waals surface area (Å²) in [6.45, 7) is 0. The van der Waals surface area contributed by atoms with Crippen molar-refractivity contribution in [3.05, 3.63) is 19.8 Å². The molecule has 4 heteroatoms. The van der Waals surface area contributed by atoms with Gasteiger partial charge in [0, 0.05) is 9.35 Å². The van der Waals surface area contributed by atoms with Crippen LogP contribution in [0, 0.1) is 17.8 Å². The number of hydrogen-bond donors (Lipinski definition) is 1. The van der Waals surface area contributed by atoms with E-state index in [1.165, 1.54) is 30.6 Å². The molecule has 2 aliphatic rings. The first kappa shape index (κ1) is 10.6. The first-order valence-corrected chi connectivity index (χ1v) is 7.30. The van der Waals surface area contributed by atoms with Crippen molar-refractivity contribution in [3.63, 3.8) is 0 Å². The summed E-state index contributed by atoms with van der Waals surface area (Å²) in [6, 6.07) is 1.96. The Morgan fingerprint density at radius 1 is 1.47 bits per heavy atom. The monoisotopic (exact) mass is 306 g/mol. The first-order valence-electron chi connectivity index (χ1n) is 5.31. The Bertz CT molecular complexity index is 362. The Morgan fingerprint density at radius 2 is 2.13 bits per heavy atom. The van der Waals surface area contributed by atoms with E-state index in [0.717, 1.165) is 25.5 Å². The molecule has 0 radical (unpaired) electrons. The molecule has 1 nitrogen and oxygen atoms in total. The van der Waals surface area contributed by atoms with E-state index in [1.54, 1.807) is 0 Å². The van der Waals surface area contributed by atoms with Crippen LogP contribution in [0.4, 0.5) is 0 Å². The van der Waals surface area contributed by atoms with Crippen molar-refractivity contribution in [1.29, 1.82) is 0 Å². The molecular formula is C11H12BrClOS. The second-order valence-corrected chi connectivity index (χ2v) is 7.09. The third-order valence-corrected chi connectivity index (χ3v) is 6.34. The predicted molar refractivity (Wildman–Crippen MR) is 66.3 cm³/mol. The van der Waals surface area contributed by atoms with E-state index >= 15 is 0 Å².